The maximum Gasteiger partial charge on any atom is 0.407 e. The van der Waals surface area contributed by atoms with Gasteiger partial charge in [-0.3, -0.25) is 4.90 Å². The number of hydrogen-bond acceptors (Lipinski definition) is 2. The molecular formula is C4H9NO2S. The standard InChI is InChI=1S/C4H9NO2S/c1-3(8)5(2)4(6)7/h3,8H,1-2H3,(H,6,7). The van der Waals surface area contributed by atoms with Crippen LogP contribution in [0.4, 0.5) is 4.79 Å². The van der Waals surface area contributed by atoms with Gasteiger partial charge in [0, 0.05) is 7.05 Å². The topological polar surface area (TPSA) is 40.5 Å². The van der Waals surface area contributed by atoms with Crippen LogP contribution in [0.1, 0.15) is 6.92 Å². The van der Waals surface area contributed by atoms with E-state index in [4.69, 9.17) is 5.11 Å². The molecule has 0 bridgehead atoms. The van der Waals surface area contributed by atoms with Gasteiger partial charge in [0.2, 0.25) is 0 Å². The van der Waals surface area contributed by atoms with Crippen molar-refractivity contribution >= 4 is 18.7 Å². The van der Waals surface area contributed by atoms with Crippen LogP contribution in [0, 0.1) is 0 Å². The van der Waals surface area contributed by atoms with Gasteiger partial charge >= 0.3 is 6.09 Å². The normalized spacial score (nSPS) is 12.9. The number of thiol groups is 1. The fourth-order valence-corrected chi connectivity index (χ4v) is 0.259. The average Bonchev–Trinajstić information content (AvgIpc) is 1.64. The summed E-state index contributed by atoms with van der Waals surface area (Å²) in [5, 5.41) is 8.00. The van der Waals surface area contributed by atoms with E-state index in [1.807, 2.05) is 0 Å². The van der Waals surface area contributed by atoms with Crippen LogP contribution in [0.2, 0.25) is 0 Å². The fourth-order valence-electron chi connectivity index (χ4n) is 0.160. The Hall–Kier alpha value is -0.380. The first kappa shape index (κ1) is 7.62. The molecule has 8 heavy (non-hydrogen) atoms. The molecule has 0 aliphatic rings. The Labute approximate surface area is 53.7 Å². The van der Waals surface area contributed by atoms with Crippen molar-refractivity contribution in [1.82, 2.24) is 4.90 Å². The monoisotopic (exact) mass is 135 g/mol. The summed E-state index contributed by atoms with van der Waals surface area (Å²) in [6.07, 6.45) is -0.951. The first-order valence-electron chi connectivity index (χ1n) is 2.19. The molecule has 0 saturated heterocycles. The van der Waals surface area contributed by atoms with E-state index in [0.29, 0.717) is 0 Å². The highest BCUT2D eigenvalue weighted by molar-refractivity contribution is 7.80. The van der Waals surface area contributed by atoms with Gasteiger partial charge in [0.1, 0.15) is 0 Å². The molecule has 0 aromatic rings. The predicted octanol–water partition coefficient (Wildman–Crippen LogP) is 0.872. The van der Waals surface area contributed by atoms with Gasteiger partial charge < -0.3 is 5.11 Å². The second-order valence-corrected chi connectivity index (χ2v) is 2.27. The molecule has 0 fully saturated rings. The molecule has 0 aromatic heterocycles. The Bertz CT molecular complexity index is 94.0. The van der Waals surface area contributed by atoms with Gasteiger partial charge in [0.15, 0.2) is 0 Å². The molecule has 3 nitrogen and oxygen atoms in total. The average molecular weight is 135 g/mol. The molecule has 0 aliphatic heterocycles. The summed E-state index contributed by atoms with van der Waals surface area (Å²) in [6, 6.07) is 0. The van der Waals surface area contributed by atoms with Crippen LogP contribution < -0.4 is 0 Å². The van der Waals surface area contributed by atoms with Crippen molar-refractivity contribution in [3.8, 4) is 0 Å². The summed E-state index contributed by atoms with van der Waals surface area (Å²) >= 11 is 3.88. The summed E-state index contributed by atoms with van der Waals surface area (Å²) in [6.45, 7) is 1.69. The van der Waals surface area contributed by atoms with E-state index in [0.717, 1.165) is 4.90 Å². The van der Waals surface area contributed by atoms with E-state index in [2.05, 4.69) is 12.6 Å². The zero-order valence-corrected chi connectivity index (χ0v) is 5.72. The molecular weight excluding hydrogens is 126 g/mol. The van der Waals surface area contributed by atoms with Crippen molar-refractivity contribution in [3.63, 3.8) is 0 Å². The molecule has 0 spiro atoms. The number of nitrogens with zero attached hydrogens (tertiary/aromatic N) is 1. The number of carbonyl (C=O) groups is 1. The van der Waals surface area contributed by atoms with Crippen molar-refractivity contribution < 1.29 is 9.90 Å². The SMILES string of the molecule is CC(S)N(C)C(=O)O. The zero-order chi connectivity index (χ0) is 6.73. The summed E-state index contributed by atoms with van der Waals surface area (Å²) in [7, 11) is 1.47. The lowest BCUT2D eigenvalue weighted by Gasteiger charge is -2.15. The molecule has 0 rings (SSSR count). The van der Waals surface area contributed by atoms with Crippen molar-refractivity contribution in [2.24, 2.45) is 0 Å². The Morgan fingerprint density at radius 3 is 2.25 bits per heavy atom. The Morgan fingerprint density at radius 1 is 1.88 bits per heavy atom. The number of carboxylic acid groups (broad SMARTS) is 1. The Morgan fingerprint density at radius 2 is 2.25 bits per heavy atom. The van der Waals surface area contributed by atoms with Crippen LogP contribution in [0.3, 0.4) is 0 Å². The molecule has 48 valence electrons. The summed E-state index contributed by atoms with van der Waals surface area (Å²) in [5.74, 6) is 0. The molecule has 1 atom stereocenters. The maximum atomic E-state index is 10.0. The first-order valence-corrected chi connectivity index (χ1v) is 2.71. The molecule has 0 heterocycles. The molecule has 0 aliphatic carbocycles. The molecule has 1 N–H and O–H groups in total. The number of rotatable bonds is 1. The smallest absolute Gasteiger partial charge is 0.407 e. The first-order chi connectivity index (χ1) is 3.55. The lowest BCUT2D eigenvalue weighted by molar-refractivity contribution is 0.154. The minimum Gasteiger partial charge on any atom is -0.465 e. The van der Waals surface area contributed by atoms with E-state index < -0.39 is 6.09 Å². The van der Waals surface area contributed by atoms with Gasteiger partial charge in [0.05, 0.1) is 5.37 Å². The zero-order valence-electron chi connectivity index (χ0n) is 4.83. The highest BCUT2D eigenvalue weighted by atomic mass is 32.1. The fraction of sp³-hybridized carbons (Fsp3) is 0.750. The number of hydrogen-bond donors (Lipinski definition) is 2. The second-order valence-electron chi connectivity index (χ2n) is 1.53. The van der Waals surface area contributed by atoms with Crippen LogP contribution in [0.5, 0.6) is 0 Å². The van der Waals surface area contributed by atoms with E-state index in [-0.39, 0.29) is 5.37 Å². The largest absolute Gasteiger partial charge is 0.465 e. The van der Waals surface area contributed by atoms with Crippen LogP contribution in [-0.2, 0) is 0 Å². The Kier molecular flexibility index (Phi) is 2.68. The third-order valence-corrected chi connectivity index (χ3v) is 1.21. The molecule has 0 saturated carbocycles. The lowest BCUT2D eigenvalue weighted by Crippen LogP contribution is -2.29. The molecule has 1 unspecified atom stereocenters. The van der Waals surface area contributed by atoms with Crippen molar-refractivity contribution in [2.75, 3.05) is 7.05 Å². The van der Waals surface area contributed by atoms with Gasteiger partial charge in [-0.25, -0.2) is 4.79 Å². The molecule has 4 heteroatoms. The van der Waals surface area contributed by atoms with Gasteiger partial charge in [-0.05, 0) is 6.92 Å². The van der Waals surface area contributed by atoms with Crippen LogP contribution in [0.15, 0.2) is 0 Å². The summed E-state index contributed by atoms with van der Waals surface area (Å²) in [5.41, 5.74) is 0. The highest BCUT2D eigenvalue weighted by Crippen LogP contribution is 1.97. The molecule has 0 radical (unpaired) electrons. The lowest BCUT2D eigenvalue weighted by atomic mass is 10.6. The maximum absolute atomic E-state index is 10.0. The number of amides is 1. The molecule has 0 aromatic carbocycles. The van der Waals surface area contributed by atoms with Gasteiger partial charge in [0.25, 0.3) is 0 Å². The second kappa shape index (κ2) is 2.81. The van der Waals surface area contributed by atoms with E-state index in [9.17, 15) is 4.79 Å². The van der Waals surface area contributed by atoms with E-state index >= 15 is 0 Å². The van der Waals surface area contributed by atoms with Crippen molar-refractivity contribution in [2.45, 2.75) is 12.3 Å². The van der Waals surface area contributed by atoms with E-state index in [1.165, 1.54) is 7.05 Å². The summed E-state index contributed by atoms with van der Waals surface area (Å²) in [4.78, 5) is 11.1. The summed E-state index contributed by atoms with van der Waals surface area (Å²) < 4.78 is 0. The third-order valence-electron chi connectivity index (χ3n) is 0.862. The van der Waals surface area contributed by atoms with Crippen LogP contribution in [-0.4, -0.2) is 28.5 Å². The molecule has 1 amide bonds. The van der Waals surface area contributed by atoms with Gasteiger partial charge in [-0.1, -0.05) is 0 Å². The highest BCUT2D eigenvalue weighted by Gasteiger charge is 2.07. The Balaban J connectivity index is 3.64. The minimum atomic E-state index is -0.951. The minimum absolute atomic E-state index is 0.229. The predicted molar refractivity (Wildman–Crippen MR) is 34.2 cm³/mol. The van der Waals surface area contributed by atoms with Crippen molar-refractivity contribution in [3.05, 3.63) is 0 Å². The van der Waals surface area contributed by atoms with E-state index in [1.54, 1.807) is 6.92 Å². The van der Waals surface area contributed by atoms with Gasteiger partial charge in [-0.15, -0.1) is 0 Å². The van der Waals surface area contributed by atoms with Crippen LogP contribution in [0.25, 0.3) is 0 Å². The quantitative estimate of drug-likeness (QED) is 0.414. The van der Waals surface area contributed by atoms with Gasteiger partial charge in [-0.2, -0.15) is 12.6 Å². The van der Waals surface area contributed by atoms with Crippen molar-refractivity contribution in [1.29, 1.82) is 0 Å². The van der Waals surface area contributed by atoms with Crippen LogP contribution >= 0.6 is 12.6 Å². The third kappa shape index (κ3) is 2.07.